The largest absolute Gasteiger partial charge is 0.339 e. The lowest BCUT2D eigenvalue weighted by atomic mass is 10.1. The first-order valence-electron chi connectivity index (χ1n) is 7.48. The highest BCUT2D eigenvalue weighted by molar-refractivity contribution is 7.93. The highest BCUT2D eigenvalue weighted by atomic mass is 32.2. The van der Waals surface area contributed by atoms with Crippen LogP contribution in [0.4, 0.5) is 5.69 Å². The minimum absolute atomic E-state index is 0.00754. The molecule has 3 rings (SSSR count). The van der Waals surface area contributed by atoms with Gasteiger partial charge in [0.1, 0.15) is 0 Å². The molecule has 5 nitrogen and oxygen atoms in total. The van der Waals surface area contributed by atoms with E-state index in [1.165, 1.54) is 10.7 Å². The molecule has 2 aliphatic rings. The van der Waals surface area contributed by atoms with Gasteiger partial charge in [0, 0.05) is 25.2 Å². The molecular formula is C15H20N2O3S. The maximum atomic E-state index is 12.5. The summed E-state index contributed by atoms with van der Waals surface area (Å²) in [5.74, 6) is 0.199. The molecule has 0 radical (unpaired) electrons. The van der Waals surface area contributed by atoms with Crippen molar-refractivity contribution in [3.63, 3.8) is 0 Å². The molecule has 6 heteroatoms. The van der Waals surface area contributed by atoms with E-state index in [-0.39, 0.29) is 11.7 Å². The minimum atomic E-state index is -3.20. The van der Waals surface area contributed by atoms with Gasteiger partial charge in [-0.25, -0.2) is 8.42 Å². The predicted molar refractivity (Wildman–Crippen MR) is 81.9 cm³/mol. The van der Waals surface area contributed by atoms with E-state index >= 15 is 0 Å². The number of benzene rings is 1. The second-order valence-electron chi connectivity index (χ2n) is 5.64. The van der Waals surface area contributed by atoms with E-state index in [9.17, 15) is 13.2 Å². The topological polar surface area (TPSA) is 57.7 Å². The first kappa shape index (κ1) is 14.4. The number of nitrogens with zero attached hydrogens (tertiary/aromatic N) is 2. The number of carbonyl (C=O) groups is 1. The van der Waals surface area contributed by atoms with Gasteiger partial charge in [0.05, 0.1) is 11.4 Å². The summed E-state index contributed by atoms with van der Waals surface area (Å²) in [7, 11) is -3.20. The first-order chi connectivity index (χ1) is 10.1. The van der Waals surface area contributed by atoms with E-state index in [0.717, 1.165) is 25.9 Å². The molecule has 2 fully saturated rings. The molecule has 0 aromatic heterocycles. The first-order valence-corrected chi connectivity index (χ1v) is 9.09. The van der Waals surface area contributed by atoms with Crippen LogP contribution in [0.3, 0.4) is 0 Å². The number of sulfonamides is 1. The summed E-state index contributed by atoms with van der Waals surface area (Å²) >= 11 is 0. The van der Waals surface area contributed by atoms with Gasteiger partial charge in [-0.15, -0.1) is 0 Å². The van der Waals surface area contributed by atoms with Crippen LogP contribution in [0.1, 0.15) is 36.0 Å². The average Bonchev–Trinajstić information content (AvgIpc) is 2.87. The van der Waals surface area contributed by atoms with Crippen LogP contribution in [0.25, 0.3) is 0 Å². The van der Waals surface area contributed by atoms with Crippen LogP contribution in [-0.2, 0) is 10.0 Å². The molecule has 0 N–H and O–H groups in total. The molecule has 2 heterocycles. The predicted octanol–water partition coefficient (Wildman–Crippen LogP) is 1.85. The van der Waals surface area contributed by atoms with Crippen LogP contribution in [0.5, 0.6) is 0 Å². The van der Waals surface area contributed by atoms with Crippen molar-refractivity contribution in [1.29, 1.82) is 0 Å². The number of hydrogen-bond acceptors (Lipinski definition) is 3. The Labute approximate surface area is 125 Å². The molecule has 2 saturated heterocycles. The Morgan fingerprint density at radius 3 is 2.43 bits per heavy atom. The standard InChI is InChI=1S/C15H20N2O3S/c18-15(16-8-2-1-3-9-16)13-6-4-7-14(12-13)17-10-5-11-21(17,19)20/h4,6-7,12H,1-3,5,8-11H2. The molecular weight excluding hydrogens is 288 g/mol. The van der Waals surface area contributed by atoms with Gasteiger partial charge in [0.15, 0.2) is 0 Å². The monoisotopic (exact) mass is 308 g/mol. The smallest absolute Gasteiger partial charge is 0.253 e. The lowest BCUT2D eigenvalue weighted by Gasteiger charge is -2.27. The second kappa shape index (κ2) is 5.67. The van der Waals surface area contributed by atoms with Gasteiger partial charge in [0.2, 0.25) is 10.0 Å². The Kier molecular flexibility index (Phi) is 3.89. The molecule has 0 atom stereocenters. The second-order valence-corrected chi connectivity index (χ2v) is 7.66. The van der Waals surface area contributed by atoms with Gasteiger partial charge in [0.25, 0.3) is 5.91 Å². The minimum Gasteiger partial charge on any atom is -0.339 e. The molecule has 1 amide bonds. The van der Waals surface area contributed by atoms with Gasteiger partial charge < -0.3 is 4.90 Å². The van der Waals surface area contributed by atoms with Crippen molar-refractivity contribution in [2.75, 3.05) is 29.7 Å². The lowest BCUT2D eigenvalue weighted by Crippen LogP contribution is -2.35. The van der Waals surface area contributed by atoms with Gasteiger partial charge in [-0.1, -0.05) is 6.07 Å². The Balaban J connectivity index is 1.84. The quantitative estimate of drug-likeness (QED) is 0.838. The van der Waals surface area contributed by atoms with Gasteiger partial charge in [-0.3, -0.25) is 9.10 Å². The number of hydrogen-bond donors (Lipinski definition) is 0. The highest BCUT2D eigenvalue weighted by Gasteiger charge is 2.29. The normalized spacial score (nSPS) is 21.5. The SMILES string of the molecule is O=C(c1cccc(N2CCCS2(=O)=O)c1)N1CCCCC1. The summed E-state index contributed by atoms with van der Waals surface area (Å²) in [5, 5.41) is 0. The number of rotatable bonds is 2. The third-order valence-electron chi connectivity index (χ3n) is 4.12. The van der Waals surface area contributed by atoms with Gasteiger partial charge in [-0.05, 0) is 43.9 Å². The fourth-order valence-electron chi connectivity index (χ4n) is 3.00. The Bertz CT molecular complexity index is 636. The van der Waals surface area contributed by atoms with Crippen molar-refractivity contribution in [1.82, 2.24) is 4.90 Å². The number of carbonyl (C=O) groups excluding carboxylic acids is 1. The van der Waals surface area contributed by atoms with E-state index in [2.05, 4.69) is 0 Å². The maximum absolute atomic E-state index is 12.5. The van der Waals surface area contributed by atoms with Crippen LogP contribution in [0.2, 0.25) is 0 Å². The summed E-state index contributed by atoms with van der Waals surface area (Å²) in [4.78, 5) is 14.3. The van der Waals surface area contributed by atoms with Crippen LogP contribution >= 0.6 is 0 Å². The van der Waals surface area contributed by atoms with Gasteiger partial charge in [-0.2, -0.15) is 0 Å². The molecule has 114 valence electrons. The van der Waals surface area contributed by atoms with Crippen molar-refractivity contribution < 1.29 is 13.2 Å². The number of anilines is 1. The third-order valence-corrected chi connectivity index (χ3v) is 5.99. The van der Waals surface area contributed by atoms with Crippen molar-refractivity contribution in [3.8, 4) is 0 Å². The third kappa shape index (κ3) is 2.90. The Hall–Kier alpha value is -1.56. The number of likely N-dealkylation sites (tertiary alicyclic amines) is 1. The van der Waals surface area contributed by atoms with Crippen LogP contribution in [-0.4, -0.2) is 44.6 Å². The van der Waals surface area contributed by atoms with Crippen LogP contribution in [0, 0.1) is 0 Å². The van der Waals surface area contributed by atoms with E-state index in [0.29, 0.717) is 24.2 Å². The number of piperidine rings is 1. The van der Waals surface area contributed by atoms with E-state index < -0.39 is 10.0 Å². The van der Waals surface area contributed by atoms with Crippen molar-refractivity contribution in [2.24, 2.45) is 0 Å². The molecule has 1 aromatic carbocycles. The fraction of sp³-hybridized carbons (Fsp3) is 0.533. The fourth-order valence-corrected chi connectivity index (χ4v) is 4.56. The van der Waals surface area contributed by atoms with Crippen molar-refractivity contribution in [3.05, 3.63) is 29.8 Å². The van der Waals surface area contributed by atoms with Crippen LogP contribution < -0.4 is 4.31 Å². The molecule has 21 heavy (non-hydrogen) atoms. The highest BCUT2D eigenvalue weighted by Crippen LogP contribution is 2.25. The Morgan fingerprint density at radius 2 is 1.76 bits per heavy atom. The molecule has 2 aliphatic heterocycles. The zero-order chi connectivity index (χ0) is 14.9. The molecule has 1 aromatic rings. The van der Waals surface area contributed by atoms with Crippen molar-refractivity contribution in [2.45, 2.75) is 25.7 Å². The Morgan fingerprint density at radius 1 is 1.00 bits per heavy atom. The van der Waals surface area contributed by atoms with Gasteiger partial charge >= 0.3 is 0 Å². The summed E-state index contributed by atoms with van der Waals surface area (Å²) < 4.78 is 25.4. The summed E-state index contributed by atoms with van der Waals surface area (Å²) in [6, 6.07) is 7.00. The van der Waals surface area contributed by atoms with Crippen molar-refractivity contribution >= 4 is 21.6 Å². The summed E-state index contributed by atoms with van der Waals surface area (Å²) in [6.07, 6.45) is 3.92. The van der Waals surface area contributed by atoms with E-state index in [1.807, 2.05) is 4.90 Å². The number of amides is 1. The summed E-state index contributed by atoms with van der Waals surface area (Å²) in [5.41, 5.74) is 1.19. The van der Waals surface area contributed by atoms with E-state index in [4.69, 9.17) is 0 Å². The van der Waals surface area contributed by atoms with E-state index in [1.54, 1.807) is 24.3 Å². The zero-order valence-electron chi connectivity index (χ0n) is 12.0. The lowest BCUT2D eigenvalue weighted by molar-refractivity contribution is 0.0724. The maximum Gasteiger partial charge on any atom is 0.253 e. The molecule has 0 spiro atoms. The molecule has 0 saturated carbocycles. The molecule has 0 bridgehead atoms. The molecule has 0 unspecified atom stereocenters. The molecule has 0 aliphatic carbocycles. The zero-order valence-corrected chi connectivity index (χ0v) is 12.8. The summed E-state index contributed by atoms with van der Waals surface area (Å²) in [6.45, 7) is 2.10. The van der Waals surface area contributed by atoms with Crippen LogP contribution in [0.15, 0.2) is 24.3 Å². The average molecular weight is 308 g/mol.